The summed E-state index contributed by atoms with van der Waals surface area (Å²) in [6.07, 6.45) is 0. The van der Waals surface area contributed by atoms with Crippen molar-refractivity contribution in [2.75, 3.05) is 11.9 Å². The van der Waals surface area contributed by atoms with Crippen LogP contribution in [0.5, 0.6) is 5.75 Å². The molecule has 0 fully saturated rings. The summed E-state index contributed by atoms with van der Waals surface area (Å²) in [6.45, 7) is 6.44. The highest BCUT2D eigenvalue weighted by molar-refractivity contribution is 7.80. The van der Waals surface area contributed by atoms with Crippen LogP contribution in [-0.2, 0) is 0 Å². The van der Waals surface area contributed by atoms with Crippen LogP contribution in [0.25, 0.3) is 0 Å². The molecule has 2 N–H and O–H groups in total. The molecule has 0 heterocycles. The molecule has 2 aromatic carbocycles. The maximum absolute atomic E-state index is 12.3. The number of anilines is 1. The Hall–Kier alpha value is -2.40. The van der Waals surface area contributed by atoms with Crippen LogP contribution >= 0.6 is 12.2 Å². The fraction of sp³-hybridized carbons (Fsp3) is 0.222. The van der Waals surface area contributed by atoms with Crippen molar-refractivity contribution in [3.05, 3.63) is 59.2 Å². The molecule has 0 atom stereocenters. The number of benzene rings is 2. The monoisotopic (exact) mass is 328 g/mol. The van der Waals surface area contributed by atoms with E-state index in [0.717, 1.165) is 16.8 Å². The molecule has 5 heteroatoms. The van der Waals surface area contributed by atoms with Gasteiger partial charge in [0.2, 0.25) is 0 Å². The van der Waals surface area contributed by atoms with E-state index in [1.165, 1.54) is 0 Å². The van der Waals surface area contributed by atoms with Crippen molar-refractivity contribution in [3.8, 4) is 5.75 Å². The van der Waals surface area contributed by atoms with Gasteiger partial charge < -0.3 is 10.1 Å². The first-order valence-corrected chi connectivity index (χ1v) is 7.83. The molecule has 2 aromatic rings. The number of rotatable bonds is 4. The highest BCUT2D eigenvalue weighted by atomic mass is 32.1. The molecule has 0 aliphatic rings. The summed E-state index contributed by atoms with van der Waals surface area (Å²) in [4.78, 5) is 12.3. The van der Waals surface area contributed by atoms with Crippen molar-refractivity contribution >= 4 is 28.9 Å². The van der Waals surface area contributed by atoms with Gasteiger partial charge in [0.15, 0.2) is 5.11 Å². The Bertz CT molecular complexity index is 708. The lowest BCUT2D eigenvalue weighted by Gasteiger charge is -2.14. The fourth-order valence-corrected chi connectivity index (χ4v) is 2.42. The van der Waals surface area contributed by atoms with E-state index in [9.17, 15) is 4.79 Å². The molecule has 0 radical (unpaired) electrons. The van der Waals surface area contributed by atoms with Crippen molar-refractivity contribution in [3.63, 3.8) is 0 Å². The zero-order valence-electron chi connectivity index (χ0n) is 13.5. The van der Waals surface area contributed by atoms with Gasteiger partial charge in [0, 0.05) is 11.3 Å². The van der Waals surface area contributed by atoms with Gasteiger partial charge in [-0.25, -0.2) is 0 Å². The van der Waals surface area contributed by atoms with Gasteiger partial charge in [0.25, 0.3) is 5.91 Å². The van der Waals surface area contributed by atoms with Crippen molar-refractivity contribution < 1.29 is 9.53 Å². The largest absolute Gasteiger partial charge is 0.494 e. The molecule has 120 valence electrons. The number of hydrogen-bond donors (Lipinski definition) is 2. The first-order valence-electron chi connectivity index (χ1n) is 7.42. The van der Waals surface area contributed by atoms with E-state index < -0.39 is 0 Å². The molecule has 0 saturated heterocycles. The summed E-state index contributed by atoms with van der Waals surface area (Å²) >= 11 is 5.24. The summed E-state index contributed by atoms with van der Waals surface area (Å²) in [5, 5.41) is 6.05. The zero-order chi connectivity index (χ0) is 16.8. The van der Waals surface area contributed by atoms with E-state index in [0.29, 0.717) is 17.9 Å². The van der Waals surface area contributed by atoms with E-state index in [1.807, 2.05) is 45.0 Å². The lowest BCUT2D eigenvalue weighted by Crippen LogP contribution is -2.34. The summed E-state index contributed by atoms with van der Waals surface area (Å²) in [7, 11) is 0. The molecule has 0 unspecified atom stereocenters. The quantitative estimate of drug-likeness (QED) is 0.838. The maximum atomic E-state index is 12.3. The van der Waals surface area contributed by atoms with Crippen LogP contribution in [0.3, 0.4) is 0 Å². The van der Waals surface area contributed by atoms with Crippen LogP contribution in [0.4, 0.5) is 5.69 Å². The maximum Gasteiger partial charge on any atom is 0.257 e. The molecule has 4 nitrogen and oxygen atoms in total. The molecule has 2 rings (SSSR count). The van der Waals surface area contributed by atoms with Crippen molar-refractivity contribution in [2.24, 2.45) is 0 Å². The minimum absolute atomic E-state index is 0.268. The molecule has 0 spiro atoms. The summed E-state index contributed by atoms with van der Waals surface area (Å²) in [6, 6.07) is 13.0. The number of nitrogens with one attached hydrogen (secondary N) is 2. The second kappa shape index (κ2) is 7.74. The molecule has 0 aliphatic carbocycles. The third-order valence-corrected chi connectivity index (χ3v) is 3.56. The smallest absolute Gasteiger partial charge is 0.257 e. The SMILES string of the molecule is CCOc1cccc(C(=O)NC(=S)Nc2c(C)cccc2C)c1. The van der Waals surface area contributed by atoms with Gasteiger partial charge in [0.05, 0.1) is 6.61 Å². The molecule has 0 aromatic heterocycles. The van der Waals surface area contributed by atoms with Gasteiger partial charge in [-0.15, -0.1) is 0 Å². The Balaban J connectivity index is 2.05. The Morgan fingerprint density at radius 1 is 1.13 bits per heavy atom. The molecule has 0 bridgehead atoms. The van der Waals surface area contributed by atoms with Gasteiger partial charge in [0.1, 0.15) is 5.75 Å². The summed E-state index contributed by atoms with van der Waals surface area (Å²) < 4.78 is 5.40. The molecule has 0 saturated carbocycles. The molecule has 23 heavy (non-hydrogen) atoms. The van der Waals surface area contributed by atoms with Crippen LogP contribution in [0, 0.1) is 13.8 Å². The number of thiocarbonyl (C=S) groups is 1. The normalized spacial score (nSPS) is 10.0. The van der Waals surface area contributed by atoms with Crippen LogP contribution in [-0.4, -0.2) is 17.6 Å². The van der Waals surface area contributed by atoms with E-state index in [1.54, 1.807) is 18.2 Å². The topological polar surface area (TPSA) is 50.4 Å². The highest BCUT2D eigenvalue weighted by Crippen LogP contribution is 2.19. The third-order valence-electron chi connectivity index (χ3n) is 3.35. The number of hydrogen-bond acceptors (Lipinski definition) is 3. The summed E-state index contributed by atoms with van der Waals surface area (Å²) in [5.41, 5.74) is 3.56. The minimum atomic E-state index is -0.268. The number of carbonyl (C=O) groups is 1. The molecule has 1 amide bonds. The lowest BCUT2D eigenvalue weighted by atomic mass is 10.1. The van der Waals surface area contributed by atoms with Gasteiger partial charge >= 0.3 is 0 Å². The van der Waals surface area contributed by atoms with Gasteiger partial charge in [-0.1, -0.05) is 24.3 Å². The van der Waals surface area contributed by atoms with E-state index in [2.05, 4.69) is 10.6 Å². The average Bonchev–Trinajstić information content (AvgIpc) is 2.52. The second-order valence-electron chi connectivity index (χ2n) is 5.14. The van der Waals surface area contributed by atoms with Gasteiger partial charge in [-0.05, 0) is 62.3 Å². The Morgan fingerprint density at radius 3 is 2.43 bits per heavy atom. The van der Waals surface area contributed by atoms with E-state index in [4.69, 9.17) is 17.0 Å². The third kappa shape index (κ3) is 4.53. The molecular weight excluding hydrogens is 308 g/mol. The van der Waals surface area contributed by atoms with Crippen LogP contribution in [0.2, 0.25) is 0 Å². The minimum Gasteiger partial charge on any atom is -0.494 e. The zero-order valence-corrected chi connectivity index (χ0v) is 14.3. The average molecular weight is 328 g/mol. The van der Waals surface area contributed by atoms with E-state index >= 15 is 0 Å². The van der Waals surface area contributed by atoms with Crippen molar-refractivity contribution in [1.29, 1.82) is 0 Å². The van der Waals surface area contributed by atoms with E-state index in [-0.39, 0.29) is 11.0 Å². The van der Waals surface area contributed by atoms with Crippen molar-refractivity contribution in [1.82, 2.24) is 5.32 Å². The van der Waals surface area contributed by atoms with Gasteiger partial charge in [-0.2, -0.15) is 0 Å². The standard InChI is InChI=1S/C18H20N2O2S/c1-4-22-15-10-6-9-14(11-15)17(21)20-18(23)19-16-12(2)7-5-8-13(16)3/h5-11H,4H2,1-3H3,(H2,19,20,21,23). The Morgan fingerprint density at radius 2 is 1.78 bits per heavy atom. The van der Waals surface area contributed by atoms with Crippen molar-refractivity contribution in [2.45, 2.75) is 20.8 Å². The summed E-state index contributed by atoms with van der Waals surface area (Å²) in [5.74, 6) is 0.393. The lowest BCUT2D eigenvalue weighted by molar-refractivity contribution is 0.0977. The number of para-hydroxylation sites is 1. The fourth-order valence-electron chi connectivity index (χ4n) is 2.23. The number of ether oxygens (including phenoxy) is 1. The second-order valence-corrected chi connectivity index (χ2v) is 5.54. The Kier molecular flexibility index (Phi) is 5.71. The number of aryl methyl sites for hydroxylation is 2. The van der Waals surface area contributed by atoms with Crippen LogP contribution < -0.4 is 15.4 Å². The Labute approximate surface area is 141 Å². The highest BCUT2D eigenvalue weighted by Gasteiger charge is 2.10. The molecule has 0 aliphatic heterocycles. The molecular formula is C18H20N2O2S. The van der Waals surface area contributed by atoms with Crippen LogP contribution in [0.1, 0.15) is 28.4 Å². The first kappa shape index (κ1) is 17.0. The predicted molar refractivity (Wildman–Crippen MR) is 97.2 cm³/mol. The first-order chi connectivity index (χ1) is 11.0. The number of carbonyl (C=O) groups excluding carboxylic acids is 1. The van der Waals surface area contributed by atoms with Gasteiger partial charge in [-0.3, -0.25) is 10.1 Å². The van der Waals surface area contributed by atoms with Crippen LogP contribution in [0.15, 0.2) is 42.5 Å². The predicted octanol–water partition coefficient (Wildman–Crippen LogP) is 3.83. The number of amides is 1.